The number of furan rings is 1. The number of nitrogens with one attached hydrogen (secondary N) is 2. The van der Waals surface area contributed by atoms with Crippen molar-refractivity contribution in [1.29, 1.82) is 0 Å². The van der Waals surface area contributed by atoms with Gasteiger partial charge in [0.2, 0.25) is 5.91 Å². The zero-order valence-electron chi connectivity index (χ0n) is 15.8. The molecule has 2 amide bonds. The Kier molecular flexibility index (Phi) is 3.55. The van der Waals surface area contributed by atoms with Crippen LogP contribution in [0.1, 0.15) is 40.4 Å². The summed E-state index contributed by atoms with van der Waals surface area (Å²) in [6, 6.07) is 10.6. The Morgan fingerprint density at radius 1 is 1.20 bits per heavy atom. The van der Waals surface area contributed by atoms with Gasteiger partial charge < -0.3 is 19.6 Å². The first-order valence-corrected chi connectivity index (χ1v) is 9.74. The van der Waals surface area contributed by atoms with Gasteiger partial charge in [-0.25, -0.2) is 4.98 Å². The highest BCUT2D eigenvalue weighted by atomic mass is 16.5. The van der Waals surface area contributed by atoms with Crippen LogP contribution in [0.25, 0.3) is 22.6 Å². The summed E-state index contributed by atoms with van der Waals surface area (Å²) in [7, 11) is 0. The van der Waals surface area contributed by atoms with Gasteiger partial charge in [0, 0.05) is 17.3 Å². The Hall–Kier alpha value is -3.94. The summed E-state index contributed by atoms with van der Waals surface area (Å²) in [5.41, 5.74) is 4.28. The van der Waals surface area contributed by atoms with Gasteiger partial charge in [-0.15, -0.1) is 0 Å². The van der Waals surface area contributed by atoms with Crippen molar-refractivity contribution >= 4 is 34.3 Å². The smallest absolute Gasteiger partial charge is 0.259 e. The van der Waals surface area contributed by atoms with Crippen LogP contribution in [0.5, 0.6) is 0 Å². The van der Waals surface area contributed by atoms with Crippen LogP contribution < -0.4 is 10.6 Å². The maximum absolute atomic E-state index is 13.3. The molecule has 0 spiro atoms. The van der Waals surface area contributed by atoms with Crippen molar-refractivity contribution in [3.8, 4) is 11.5 Å². The number of benzene rings is 1. The molecule has 0 bridgehead atoms. The maximum atomic E-state index is 13.3. The van der Waals surface area contributed by atoms with Gasteiger partial charge in [-0.05, 0) is 54.8 Å². The summed E-state index contributed by atoms with van der Waals surface area (Å²) in [4.78, 5) is 29.4. The summed E-state index contributed by atoms with van der Waals surface area (Å²) in [5, 5.41) is 10.6. The second-order valence-electron chi connectivity index (χ2n) is 7.61. The predicted octanol–water partition coefficient (Wildman–Crippen LogP) is 4.11. The summed E-state index contributed by atoms with van der Waals surface area (Å²) >= 11 is 0. The molecule has 1 aromatic carbocycles. The van der Waals surface area contributed by atoms with E-state index in [2.05, 4.69) is 20.8 Å². The minimum Gasteiger partial charge on any atom is -0.463 e. The fraction of sp³-hybridized carbons (Fsp3) is 0.182. The number of hydrogen-bond acceptors (Lipinski definition) is 6. The molecule has 1 saturated carbocycles. The second-order valence-corrected chi connectivity index (χ2v) is 7.61. The molecule has 2 aliphatic rings. The lowest BCUT2D eigenvalue weighted by atomic mass is 10.1. The maximum Gasteiger partial charge on any atom is 0.259 e. The molecule has 8 nitrogen and oxygen atoms in total. The van der Waals surface area contributed by atoms with Crippen molar-refractivity contribution in [2.45, 2.75) is 25.2 Å². The van der Waals surface area contributed by atoms with Gasteiger partial charge in [0.25, 0.3) is 11.6 Å². The SMILES string of the molecule is O=C1Cc2cc(NC(=O)c3cc(-c4ccco4)nc4onc(C5CC5)c34)ccc2N1. The number of aromatic nitrogens is 2. The predicted molar refractivity (Wildman–Crippen MR) is 108 cm³/mol. The van der Waals surface area contributed by atoms with E-state index in [9.17, 15) is 9.59 Å². The van der Waals surface area contributed by atoms with Crippen molar-refractivity contribution in [3.63, 3.8) is 0 Å². The number of carbonyl (C=O) groups is 2. The number of fused-ring (bicyclic) bond motifs is 2. The third kappa shape index (κ3) is 2.76. The van der Waals surface area contributed by atoms with Crippen LogP contribution in [0, 0.1) is 0 Å². The lowest BCUT2D eigenvalue weighted by Gasteiger charge is -2.09. The van der Waals surface area contributed by atoms with Gasteiger partial charge in [0.05, 0.1) is 29.3 Å². The number of pyridine rings is 1. The summed E-state index contributed by atoms with van der Waals surface area (Å²) < 4.78 is 10.9. The molecular formula is C22H16N4O4. The van der Waals surface area contributed by atoms with E-state index >= 15 is 0 Å². The van der Waals surface area contributed by atoms with Crippen molar-refractivity contribution < 1.29 is 18.5 Å². The molecule has 3 aromatic heterocycles. The van der Waals surface area contributed by atoms with Crippen LogP contribution in [0.15, 0.2) is 51.6 Å². The van der Waals surface area contributed by atoms with Gasteiger partial charge in [0.1, 0.15) is 5.69 Å². The first kappa shape index (κ1) is 17.0. The molecular weight excluding hydrogens is 384 g/mol. The molecule has 4 heterocycles. The van der Waals surface area contributed by atoms with E-state index < -0.39 is 0 Å². The van der Waals surface area contributed by atoms with E-state index in [0.717, 1.165) is 29.8 Å². The Balaban J connectivity index is 1.42. The van der Waals surface area contributed by atoms with Gasteiger partial charge in [-0.2, -0.15) is 0 Å². The third-order valence-corrected chi connectivity index (χ3v) is 5.44. The van der Waals surface area contributed by atoms with Crippen LogP contribution in [0.4, 0.5) is 11.4 Å². The minimum atomic E-state index is -0.294. The number of anilines is 2. The Labute approximate surface area is 170 Å². The third-order valence-electron chi connectivity index (χ3n) is 5.44. The Morgan fingerprint density at radius 3 is 2.90 bits per heavy atom. The number of carbonyl (C=O) groups excluding carboxylic acids is 2. The van der Waals surface area contributed by atoms with E-state index in [1.807, 2.05) is 6.07 Å². The summed E-state index contributed by atoms with van der Waals surface area (Å²) in [6.07, 6.45) is 3.90. The average molecular weight is 400 g/mol. The molecule has 1 fully saturated rings. The van der Waals surface area contributed by atoms with Gasteiger partial charge in [0.15, 0.2) is 5.76 Å². The Morgan fingerprint density at radius 2 is 2.10 bits per heavy atom. The van der Waals surface area contributed by atoms with Crippen molar-refractivity contribution in [2.75, 3.05) is 10.6 Å². The molecule has 2 N–H and O–H groups in total. The second kappa shape index (κ2) is 6.28. The van der Waals surface area contributed by atoms with Gasteiger partial charge in [-0.1, -0.05) is 5.16 Å². The fourth-order valence-corrected chi connectivity index (χ4v) is 3.84. The first-order valence-electron chi connectivity index (χ1n) is 9.74. The van der Waals surface area contributed by atoms with E-state index in [4.69, 9.17) is 8.94 Å². The van der Waals surface area contributed by atoms with Crippen molar-refractivity contribution in [3.05, 3.63) is 59.5 Å². The van der Waals surface area contributed by atoms with Crippen molar-refractivity contribution in [2.24, 2.45) is 0 Å². The topological polar surface area (TPSA) is 110 Å². The Bertz CT molecular complexity index is 1320. The van der Waals surface area contributed by atoms with Gasteiger partial charge >= 0.3 is 0 Å². The normalized spacial score (nSPS) is 15.3. The summed E-state index contributed by atoms with van der Waals surface area (Å²) in [5.74, 6) is 0.493. The molecule has 148 valence electrons. The van der Waals surface area contributed by atoms with E-state index in [-0.39, 0.29) is 11.8 Å². The molecule has 8 heteroatoms. The molecule has 0 unspecified atom stereocenters. The van der Waals surface area contributed by atoms with Crippen LogP contribution in [-0.4, -0.2) is 22.0 Å². The standard InChI is InChI=1S/C22H16N4O4/c27-18-9-12-8-13(5-6-15(12)24-18)23-21(28)14-10-16(17-2-1-7-29-17)25-22-19(14)20(26-30-22)11-3-4-11/h1-2,5-8,10-11H,3-4,9H2,(H,23,28)(H,24,27). The highest BCUT2D eigenvalue weighted by molar-refractivity contribution is 6.13. The minimum absolute atomic E-state index is 0.0500. The lowest BCUT2D eigenvalue weighted by Crippen LogP contribution is -2.13. The highest BCUT2D eigenvalue weighted by Gasteiger charge is 2.32. The fourth-order valence-electron chi connectivity index (χ4n) is 3.84. The average Bonchev–Trinajstić information content (AvgIpc) is 3.14. The highest BCUT2D eigenvalue weighted by Crippen LogP contribution is 2.43. The number of hydrogen-bond donors (Lipinski definition) is 2. The van der Waals surface area contributed by atoms with E-state index in [1.54, 1.807) is 36.6 Å². The van der Waals surface area contributed by atoms with Crippen LogP contribution in [0.3, 0.4) is 0 Å². The van der Waals surface area contributed by atoms with E-state index in [0.29, 0.717) is 46.1 Å². The number of rotatable bonds is 4. The van der Waals surface area contributed by atoms with E-state index in [1.165, 1.54) is 0 Å². The van der Waals surface area contributed by atoms with Gasteiger partial charge in [-0.3, -0.25) is 9.59 Å². The molecule has 1 aliphatic heterocycles. The first-order chi connectivity index (χ1) is 14.7. The van der Waals surface area contributed by atoms with Crippen molar-refractivity contribution in [1.82, 2.24) is 10.1 Å². The number of amides is 2. The van der Waals surface area contributed by atoms with Crippen LogP contribution in [0.2, 0.25) is 0 Å². The molecule has 30 heavy (non-hydrogen) atoms. The molecule has 4 aromatic rings. The zero-order chi connectivity index (χ0) is 20.2. The zero-order valence-corrected chi connectivity index (χ0v) is 15.8. The molecule has 0 saturated heterocycles. The lowest BCUT2D eigenvalue weighted by molar-refractivity contribution is -0.115. The molecule has 0 atom stereocenters. The quantitative estimate of drug-likeness (QED) is 0.533. The van der Waals surface area contributed by atoms with Crippen LogP contribution >= 0.6 is 0 Å². The molecule has 0 radical (unpaired) electrons. The molecule has 1 aliphatic carbocycles. The summed E-state index contributed by atoms with van der Waals surface area (Å²) in [6.45, 7) is 0. The monoisotopic (exact) mass is 400 g/mol. The number of nitrogens with zero attached hydrogens (tertiary/aromatic N) is 2. The molecule has 6 rings (SSSR count). The largest absolute Gasteiger partial charge is 0.463 e. The van der Waals surface area contributed by atoms with Crippen LogP contribution in [-0.2, 0) is 11.2 Å².